The van der Waals surface area contributed by atoms with Gasteiger partial charge in [-0.2, -0.15) is 0 Å². The topological polar surface area (TPSA) is 53.4 Å². The fraction of sp³-hybridized carbons (Fsp3) is 0.778. The summed E-state index contributed by atoms with van der Waals surface area (Å²) in [6, 6.07) is 0.656. The molecule has 1 unspecified atom stereocenters. The molecule has 134 valence electrons. The highest BCUT2D eigenvalue weighted by atomic mass is 16.2. The number of piperidine rings is 2. The summed E-state index contributed by atoms with van der Waals surface area (Å²) < 4.78 is 2.08. The number of aryl methyl sites for hydroxylation is 1. The number of rotatable bonds is 4. The molecule has 1 N–H and O–H groups in total. The van der Waals surface area contributed by atoms with E-state index >= 15 is 0 Å². The standard InChI is InChI=1S/C18H31N5O/c1-3-21-14-9-19-17(21)15(2)20-18(24)23-12-7-16(8-13-23)22-10-5-4-6-11-22/h9,14-16H,3-8,10-13H2,1-2H3,(H,20,24). The van der Waals surface area contributed by atoms with Crippen LogP contribution in [0, 0.1) is 0 Å². The van der Waals surface area contributed by atoms with E-state index in [4.69, 9.17) is 0 Å². The second kappa shape index (κ2) is 8.01. The van der Waals surface area contributed by atoms with Crippen molar-refractivity contribution in [3.05, 3.63) is 18.2 Å². The summed E-state index contributed by atoms with van der Waals surface area (Å²) in [4.78, 5) is 21.5. The van der Waals surface area contributed by atoms with Crippen molar-refractivity contribution in [2.45, 2.75) is 64.6 Å². The molecule has 0 saturated carbocycles. The van der Waals surface area contributed by atoms with E-state index in [1.165, 1.54) is 32.4 Å². The molecule has 0 aliphatic carbocycles. The molecule has 2 fully saturated rings. The predicted octanol–water partition coefficient (Wildman–Crippen LogP) is 2.62. The molecule has 2 aliphatic heterocycles. The predicted molar refractivity (Wildman–Crippen MR) is 94.9 cm³/mol. The van der Waals surface area contributed by atoms with Crippen LogP contribution < -0.4 is 5.32 Å². The molecular weight excluding hydrogens is 302 g/mol. The molecule has 3 heterocycles. The lowest BCUT2D eigenvalue weighted by Crippen LogP contribution is -2.50. The Hall–Kier alpha value is -1.56. The molecule has 6 nitrogen and oxygen atoms in total. The van der Waals surface area contributed by atoms with Crippen LogP contribution in [0.5, 0.6) is 0 Å². The highest BCUT2D eigenvalue weighted by Crippen LogP contribution is 2.21. The van der Waals surface area contributed by atoms with Gasteiger partial charge in [-0.1, -0.05) is 6.42 Å². The van der Waals surface area contributed by atoms with Gasteiger partial charge in [0.25, 0.3) is 0 Å². The van der Waals surface area contributed by atoms with Gasteiger partial charge < -0.3 is 19.7 Å². The summed E-state index contributed by atoms with van der Waals surface area (Å²) in [5, 5.41) is 3.11. The average molecular weight is 333 g/mol. The second-order valence-corrected chi connectivity index (χ2v) is 7.06. The SMILES string of the molecule is CCn1ccnc1C(C)NC(=O)N1CCC(N2CCCCC2)CC1. The molecule has 1 atom stereocenters. The van der Waals surface area contributed by atoms with E-state index in [1.54, 1.807) is 6.20 Å². The van der Waals surface area contributed by atoms with Crippen LogP contribution in [-0.4, -0.2) is 57.6 Å². The van der Waals surface area contributed by atoms with E-state index in [9.17, 15) is 4.79 Å². The second-order valence-electron chi connectivity index (χ2n) is 7.06. The van der Waals surface area contributed by atoms with Crippen LogP contribution in [-0.2, 0) is 6.54 Å². The molecule has 1 aromatic rings. The molecule has 2 saturated heterocycles. The van der Waals surface area contributed by atoms with Crippen LogP contribution in [0.3, 0.4) is 0 Å². The lowest BCUT2D eigenvalue weighted by atomic mass is 10.00. The van der Waals surface area contributed by atoms with Crippen LogP contribution in [0.25, 0.3) is 0 Å². The summed E-state index contributed by atoms with van der Waals surface area (Å²) in [6.45, 7) is 9.18. The van der Waals surface area contributed by atoms with Crippen molar-refractivity contribution in [1.82, 2.24) is 24.7 Å². The number of amides is 2. The zero-order valence-corrected chi connectivity index (χ0v) is 15.1. The van der Waals surface area contributed by atoms with Gasteiger partial charge in [0.05, 0.1) is 6.04 Å². The summed E-state index contributed by atoms with van der Waals surface area (Å²) in [7, 11) is 0. The van der Waals surface area contributed by atoms with Crippen molar-refractivity contribution in [2.24, 2.45) is 0 Å². The molecule has 1 aromatic heterocycles. The zero-order valence-electron chi connectivity index (χ0n) is 15.1. The van der Waals surface area contributed by atoms with Gasteiger partial charge in [-0.05, 0) is 52.6 Å². The number of nitrogens with one attached hydrogen (secondary N) is 1. The fourth-order valence-corrected chi connectivity index (χ4v) is 4.03. The van der Waals surface area contributed by atoms with Crippen LogP contribution in [0.1, 0.15) is 57.8 Å². The van der Waals surface area contributed by atoms with Gasteiger partial charge in [0.1, 0.15) is 5.82 Å². The first-order valence-corrected chi connectivity index (χ1v) is 9.49. The van der Waals surface area contributed by atoms with Gasteiger partial charge in [0.2, 0.25) is 0 Å². The van der Waals surface area contributed by atoms with E-state index in [0.717, 1.165) is 38.3 Å². The monoisotopic (exact) mass is 333 g/mol. The van der Waals surface area contributed by atoms with Crippen LogP contribution >= 0.6 is 0 Å². The molecule has 0 spiro atoms. The lowest BCUT2D eigenvalue weighted by Gasteiger charge is -2.40. The van der Waals surface area contributed by atoms with Crippen molar-refractivity contribution in [1.29, 1.82) is 0 Å². The third kappa shape index (κ3) is 3.91. The van der Waals surface area contributed by atoms with Gasteiger partial charge in [-0.25, -0.2) is 9.78 Å². The molecule has 2 amide bonds. The van der Waals surface area contributed by atoms with Gasteiger partial charge in [-0.15, -0.1) is 0 Å². The largest absolute Gasteiger partial charge is 0.333 e. The number of urea groups is 1. The third-order valence-corrected chi connectivity index (χ3v) is 5.47. The summed E-state index contributed by atoms with van der Waals surface area (Å²) in [5.74, 6) is 0.925. The Labute approximate surface area is 145 Å². The number of aromatic nitrogens is 2. The molecule has 0 aromatic carbocycles. The van der Waals surface area contributed by atoms with E-state index < -0.39 is 0 Å². The van der Waals surface area contributed by atoms with Crippen molar-refractivity contribution >= 4 is 6.03 Å². The molecule has 24 heavy (non-hydrogen) atoms. The summed E-state index contributed by atoms with van der Waals surface area (Å²) in [6.07, 6.45) is 10.0. The number of nitrogens with zero attached hydrogens (tertiary/aromatic N) is 4. The minimum absolute atomic E-state index is 0.0465. The number of carbonyl (C=O) groups is 1. The van der Waals surface area contributed by atoms with Crippen LogP contribution in [0.15, 0.2) is 12.4 Å². The Morgan fingerprint density at radius 1 is 1.25 bits per heavy atom. The first-order chi connectivity index (χ1) is 11.7. The molecule has 6 heteroatoms. The summed E-state index contributed by atoms with van der Waals surface area (Å²) >= 11 is 0. The average Bonchev–Trinajstić information content (AvgIpc) is 3.11. The van der Waals surface area contributed by atoms with Gasteiger partial charge >= 0.3 is 6.03 Å². The van der Waals surface area contributed by atoms with Crippen molar-refractivity contribution < 1.29 is 4.79 Å². The van der Waals surface area contributed by atoms with Crippen molar-refractivity contribution in [3.63, 3.8) is 0 Å². The Bertz CT molecular complexity index is 529. The molecule has 2 aliphatic rings. The Morgan fingerprint density at radius 2 is 1.96 bits per heavy atom. The van der Waals surface area contributed by atoms with E-state index in [-0.39, 0.29) is 12.1 Å². The van der Waals surface area contributed by atoms with E-state index in [2.05, 4.69) is 26.7 Å². The van der Waals surface area contributed by atoms with E-state index in [0.29, 0.717) is 6.04 Å². The highest BCUT2D eigenvalue weighted by molar-refractivity contribution is 5.74. The molecule has 3 rings (SSSR count). The smallest absolute Gasteiger partial charge is 0.317 e. The number of hydrogen-bond donors (Lipinski definition) is 1. The van der Waals surface area contributed by atoms with Crippen LogP contribution in [0.4, 0.5) is 4.79 Å². The van der Waals surface area contributed by atoms with Gasteiger partial charge in [-0.3, -0.25) is 0 Å². The normalized spacial score (nSPS) is 21.7. The maximum absolute atomic E-state index is 12.6. The minimum atomic E-state index is -0.0627. The van der Waals surface area contributed by atoms with Crippen molar-refractivity contribution in [2.75, 3.05) is 26.2 Å². The first kappa shape index (κ1) is 17.3. The number of likely N-dealkylation sites (tertiary alicyclic amines) is 2. The van der Waals surface area contributed by atoms with E-state index in [1.807, 2.05) is 18.0 Å². The molecular formula is C18H31N5O. The maximum Gasteiger partial charge on any atom is 0.317 e. The fourth-order valence-electron chi connectivity index (χ4n) is 4.03. The number of imidazole rings is 1. The quantitative estimate of drug-likeness (QED) is 0.921. The molecule has 0 radical (unpaired) electrons. The number of carbonyl (C=O) groups excluding carboxylic acids is 1. The Balaban J connectivity index is 1.48. The first-order valence-electron chi connectivity index (χ1n) is 9.49. The third-order valence-electron chi connectivity index (χ3n) is 5.47. The Kier molecular flexibility index (Phi) is 5.76. The number of hydrogen-bond acceptors (Lipinski definition) is 3. The van der Waals surface area contributed by atoms with Gasteiger partial charge in [0, 0.05) is 38.1 Å². The molecule has 0 bridgehead atoms. The summed E-state index contributed by atoms with van der Waals surface area (Å²) in [5.41, 5.74) is 0. The van der Waals surface area contributed by atoms with Crippen molar-refractivity contribution in [3.8, 4) is 0 Å². The van der Waals surface area contributed by atoms with Gasteiger partial charge in [0.15, 0.2) is 0 Å². The zero-order chi connectivity index (χ0) is 16.9. The Morgan fingerprint density at radius 3 is 2.62 bits per heavy atom. The highest BCUT2D eigenvalue weighted by Gasteiger charge is 2.28. The maximum atomic E-state index is 12.6. The lowest BCUT2D eigenvalue weighted by molar-refractivity contribution is 0.101. The minimum Gasteiger partial charge on any atom is -0.333 e. The van der Waals surface area contributed by atoms with Crippen LogP contribution in [0.2, 0.25) is 0 Å².